The summed E-state index contributed by atoms with van der Waals surface area (Å²) in [4.78, 5) is 15.1. The molecule has 0 aromatic rings. The maximum atomic E-state index is 12.6. The van der Waals surface area contributed by atoms with Gasteiger partial charge in [-0.25, -0.2) is 0 Å². The first kappa shape index (κ1) is 13.6. The van der Waals surface area contributed by atoms with Crippen LogP contribution in [0.25, 0.3) is 0 Å². The molecule has 0 aromatic heterocycles. The second-order valence-corrected chi connectivity index (χ2v) is 6.62. The van der Waals surface area contributed by atoms with Crippen molar-refractivity contribution in [2.75, 3.05) is 26.3 Å². The van der Waals surface area contributed by atoms with Crippen molar-refractivity contribution >= 4 is 5.78 Å². The molecular weight excluding hydrogens is 238 g/mol. The number of morpholine rings is 1. The van der Waals surface area contributed by atoms with Crippen molar-refractivity contribution in [3.05, 3.63) is 0 Å². The number of Topliss-reactive ketones (excluding diaryl/α,β-unsaturated/α-hetero) is 1. The molecule has 1 aliphatic heterocycles. The van der Waals surface area contributed by atoms with Crippen LogP contribution in [0.15, 0.2) is 0 Å². The lowest BCUT2D eigenvalue weighted by atomic mass is 9.64. The Morgan fingerprint density at radius 3 is 2.74 bits per heavy atom. The van der Waals surface area contributed by atoms with Crippen molar-refractivity contribution in [2.45, 2.75) is 51.5 Å². The number of nitrogens with zero attached hydrogens (tertiary/aromatic N) is 1. The quantitative estimate of drug-likeness (QED) is 0.785. The van der Waals surface area contributed by atoms with Gasteiger partial charge in [-0.2, -0.15) is 0 Å². The third-order valence-corrected chi connectivity index (χ3v) is 5.46. The maximum absolute atomic E-state index is 12.6. The number of fused-ring (bicyclic) bond motifs is 2. The van der Waals surface area contributed by atoms with E-state index in [0.717, 1.165) is 45.1 Å². The monoisotopic (exact) mass is 265 g/mol. The van der Waals surface area contributed by atoms with Gasteiger partial charge in [0.05, 0.1) is 13.2 Å². The predicted molar refractivity (Wildman–Crippen MR) is 75.0 cm³/mol. The standard InChI is InChI=1S/C16H27NO2/c1-2-3-12-10-13-4-5-15(14(11-12)16(13)18)17-6-8-19-9-7-17/h12-15H,2-11H2,1H3. The molecule has 4 atom stereocenters. The topological polar surface area (TPSA) is 29.5 Å². The summed E-state index contributed by atoms with van der Waals surface area (Å²) in [6, 6.07) is 0.521. The summed E-state index contributed by atoms with van der Waals surface area (Å²) in [5.41, 5.74) is 0. The summed E-state index contributed by atoms with van der Waals surface area (Å²) in [7, 11) is 0. The second kappa shape index (κ2) is 5.92. The van der Waals surface area contributed by atoms with Crippen LogP contribution in [-0.4, -0.2) is 43.0 Å². The van der Waals surface area contributed by atoms with E-state index >= 15 is 0 Å². The zero-order valence-electron chi connectivity index (χ0n) is 12.1. The van der Waals surface area contributed by atoms with Crippen LogP contribution >= 0.6 is 0 Å². The Morgan fingerprint density at radius 1 is 1.21 bits per heavy atom. The minimum atomic E-state index is 0.335. The van der Waals surface area contributed by atoms with E-state index in [4.69, 9.17) is 4.74 Å². The van der Waals surface area contributed by atoms with E-state index in [9.17, 15) is 4.79 Å². The van der Waals surface area contributed by atoms with E-state index in [1.54, 1.807) is 0 Å². The zero-order chi connectivity index (χ0) is 13.2. The molecule has 3 nitrogen and oxygen atoms in total. The zero-order valence-corrected chi connectivity index (χ0v) is 12.1. The van der Waals surface area contributed by atoms with Crippen molar-refractivity contribution < 1.29 is 9.53 Å². The molecule has 1 heterocycles. The molecule has 0 amide bonds. The summed E-state index contributed by atoms with van der Waals surface area (Å²) in [6.45, 7) is 6.01. The fourth-order valence-corrected chi connectivity index (χ4v) is 4.56. The van der Waals surface area contributed by atoms with Gasteiger partial charge >= 0.3 is 0 Å². The number of rotatable bonds is 3. The number of carbonyl (C=O) groups excluding carboxylic acids is 1. The van der Waals surface area contributed by atoms with Crippen LogP contribution in [0.1, 0.15) is 45.4 Å². The number of ketones is 1. The first-order valence-corrected chi connectivity index (χ1v) is 8.15. The first-order valence-electron chi connectivity index (χ1n) is 8.15. The van der Waals surface area contributed by atoms with E-state index in [1.807, 2.05) is 0 Å². The van der Waals surface area contributed by atoms with Gasteiger partial charge < -0.3 is 4.74 Å². The Morgan fingerprint density at radius 2 is 2.00 bits per heavy atom. The van der Waals surface area contributed by atoms with Crippen LogP contribution < -0.4 is 0 Å². The molecule has 3 heteroatoms. The highest BCUT2D eigenvalue weighted by molar-refractivity contribution is 5.85. The Hall–Kier alpha value is -0.410. The van der Waals surface area contributed by atoms with Crippen LogP contribution in [0.5, 0.6) is 0 Å². The molecule has 0 spiro atoms. The van der Waals surface area contributed by atoms with Crippen molar-refractivity contribution in [1.82, 2.24) is 4.90 Å². The van der Waals surface area contributed by atoms with Gasteiger partial charge in [-0.1, -0.05) is 19.8 Å². The number of carbonyl (C=O) groups is 1. The molecule has 3 fully saturated rings. The number of hydrogen-bond donors (Lipinski definition) is 0. The number of hydrogen-bond acceptors (Lipinski definition) is 3. The lowest BCUT2D eigenvalue weighted by Crippen LogP contribution is -2.54. The fraction of sp³-hybridized carbons (Fsp3) is 0.938. The average molecular weight is 265 g/mol. The molecule has 19 heavy (non-hydrogen) atoms. The molecule has 3 rings (SSSR count). The fourth-order valence-electron chi connectivity index (χ4n) is 4.56. The van der Waals surface area contributed by atoms with E-state index in [-0.39, 0.29) is 0 Å². The molecule has 4 unspecified atom stereocenters. The number of ether oxygens (including phenoxy) is 1. The Bertz CT molecular complexity index is 325. The Kier molecular flexibility index (Phi) is 4.23. The molecule has 1 saturated heterocycles. The Labute approximate surface area is 116 Å². The first-order chi connectivity index (χ1) is 9.29. The van der Waals surface area contributed by atoms with Gasteiger partial charge in [0.25, 0.3) is 0 Å². The average Bonchev–Trinajstić information content (AvgIpc) is 2.42. The van der Waals surface area contributed by atoms with Gasteiger partial charge in [-0.15, -0.1) is 0 Å². The highest BCUT2D eigenvalue weighted by Gasteiger charge is 2.45. The van der Waals surface area contributed by atoms with Gasteiger partial charge in [-0.3, -0.25) is 9.69 Å². The van der Waals surface area contributed by atoms with E-state index in [0.29, 0.717) is 23.7 Å². The van der Waals surface area contributed by atoms with Crippen molar-refractivity contribution in [1.29, 1.82) is 0 Å². The molecular formula is C16H27NO2. The van der Waals surface area contributed by atoms with Crippen LogP contribution in [0.4, 0.5) is 0 Å². The van der Waals surface area contributed by atoms with Gasteiger partial charge in [0.15, 0.2) is 0 Å². The van der Waals surface area contributed by atoms with Crippen LogP contribution in [-0.2, 0) is 9.53 Å². The summed E-state index contributed by atoms with van der Waals surface area (Å²) in [5.74, 6) is 2.13. The minimum absolute atomic E-state index is 0.335. The molecule has 0 aromatic carbocycles. The normalized spacial score (nSPS) is 40.4. The van der Waals surface area contributed by atoms with Crippen LogP contribution in [0.2, 0.25) is 0 Å². The Balaban J connectivity index is 1.70. The lowest BCUT2D eigenvalue weighted by Gasteiger charge is -2.47. The highest BCUT2D eigenvalue weighted by atomic mass is 16.5. The summed E-state index contributed by atoms with van der Waals surface area (Å²) in [6.07, 6.45) is 7.29. The van der Waals surface area contributed by atoms with Gasteiger partial charge in [-0.05, 0) is 31.6 Å². The smallest absolute Gasteiger partial charge is 0.140 e. The van der Waals surface area contributed by atoms with E-state index < -0.39 is 0 Å². The molecule has 108 valence electrons. The van der Waals surface area contributed by atoms with E-state index in [1.165, 1.54) is 25.7 Å². The minimum Gasteiger partial charge on any atom is -0.379 e. The summed E-state index contributed by atoms with van der Waals surface area (Å²) >= 11 is 0. The SMILES string of the molecule is CCCC1CC2CCC(N3CCOCC3)C(C1)C2=O. The van der Waals surface area contributed by atoms with Crippen LogP contribution in [0.3, 0.4) is 0 Å². The maximum Gasteiger partial charge on any atom is 0.140 e. The molecule has 2 bridgehead atoms. The van der Waals surface area contributed by atoms with Gasteiger partial charge in [0.2, 0.25) is 0 Å². The molecule has 2 saturated carbocycles. The molecule has 0 N–H and O–H groups in total. The third-order valence-electron chi connectivity index (χ3n) is 5.46. The van der Waals surface area contributed by atoms with Crippen molar-refractivity contribution in [3.63, 3.8) is 0 Å². The van der Waals surface area contributed by atoms with E-state index in [2.05, 4.69) is 11.8 Å². The molecule has 2 aliphatic carbocycles. The van der Waals surface area contributed by atoms with Crippen molar-refractivity contribution in [2.24, 2.45) is 17.8 Å². The second-order valence-electron chi connectivity index (χ2n) is 6.62. The predicted octanol–water partition coefficient (Wildman–Crippen LogP) is 2.49. The molecule has 0 radical (unpaired) electrons. The third kappa shape index (κ3) is 2.73. The van der Waals surface area contributed by atoms with Gasteiger partial charge in [0.1, 0.15) is 5.78 Å². The lowest BCUT2D eigenvalue weighted by molar-refractivity contribution is -0.139. The summed E-state index contributed by atoms with van der Waals surface area (Å²) in [5, 5.41) is 0. The van der Waals surface area contributed by atoms with Crippen molar-refractivity contribution in [3.8, 4) is 0 Å². The summed E-state index contributed by atoms with van der Waals surface area (Å²) < 4.78 is 5.45. The molecule has 3 aliphatic rings. The largest absolute Gasteiger partial charge is 0.379 e. The highest BCUT2D eigenvalue weighted by Crippen LogP contribution is 2.43. The van der Waals surface area contributed by atoms with Gasteiger partial charge in [0, 0.05) is 31.0 Å². The van der Waals surface area contributed by atoms with Crippen LogP contribution in [0, 0.1) is 17.8 Å².